The van der Waals surface area contributed by atoms with Crippen molar-refractivity contribution in [2.45, 2.75) is 25.3 Å². The van der Waals surface area contributed by atoms with Gasteiger partial charge in [0.25, 0.3) is 0 Å². The molecule has 2 aliphatic rings. The third-order valence-electron chi connectivity index (χ3n) is 5.10. The van der Waals surface area contributed by atoms with Gasteiger partial charge in [0.2, 0.25) is 5.95 Å². The molecule has 1 spiro atoms. The summed E-state index contributed by atoms with van der Waals surface area (Å²) in [5.74, 6) is 0.733. The lowest BCUT2D eigenvalue weighted by Crippen LogP contribution is -2.44. The van der Waals surface area contributed by atoms with Crippen molar-refractivity contribution in [3.63, 3.8) is 0 Å². The molecule has 5 nitrogen and oxygen atoms in total. The van der Waals surface area contributed by atoms with E-state index in [1.165, 1.54) is 11.1 Å². The lowest BCUT2D eigenvalue weighted by atomic mass is 9.73. The van der Waals surface area contributed by atoms with Gasteiger partial charge in [-0.25, -0.2) is 4.98 Å². The SMILES string of the molecule is NC1c2ccccc2CC12CCN(c1nccnn1)CC2. The second kappa shape index (κ2) is 4.77. The molecule has 1 aliphatic heterocycles. The van der Waals surface area contributed by atoms with Crippen LogP contribution in [0.4, 0.5) is 5.95 Å². The van der Waals surface area contributed by atoms with Crippen LogP contribution in [0.3, 0.4) is 0 Å². The second-order valence-corrected chi connectivity index (χ2v) is 6.15. The zero-order valence-electron chi connectivity index (χ0n) is 11.9. The Morgan fingerprint density at radius 3 is 2.67 bits per heavy atom. The van der Waals surface area contributed by atoms with Gasteiger partial charge in [0.15, 0.2) is 0 Å². The maximum Gasteiger partial charge on any atom is 0.245 e. The highest BCUT2D eigenvalue weighted by molar-refractivity contribution is 5.39. The van der Waals surface area contributed by atoms with Crippen LogP contribution >= 0.6 is 0 Å². The largest absolute Gasteiger partial charge is 0.339 e. The lowest BCUT2D eigenvalue weighted by molar-refractivity contribution is 0.187. The van der Waals surface area contributed by atoms with E-state index in [2.05, 4.69) is 44.3 Å². The molecule has 1 aromatic heterocycles. The fourth-order valence-corrected chi connectivity index (χ4v) is 3.84. The number of piperidine rings is 1. The molecule has 2 aromatic rings. The Morgan fingerprint density at radius 2 is 1.95 bits per heavy atom. The highest BCUT2D eigenvalue weighted by Crippen LogP contribution is 2.50. The van der Waals surface area contributed by atoms with E-state index in [0.29, 0.717) is 0 Å². The van der Waals surface area contributed by atoms with Crippen LogP contribution in [-0.4, -0.2) is 28.3 Å². The molecule has 1 fully saturated rings. The van der Waals surface area contributed by atoms with Crippen molar-refractivity contribution in [3.8, 4) is 0 Å². The average Bonchev–Trinajstić information content (AvgIpc) is 2.82. The molecule has 1 aliphatic carbocycles. The van der Waals surface area contributed by atoms with E-state index < -0.39 is 0 Å². The molecule has 1 unspecified atom stereocenters. The fourth-order valence-electron chi connectivity index (χ4n) is 3.84. The third-order valence-corrected chi connectivity index (χ3v) is 5.10. The van der Waals surface area contributed by atoms with Crippen LogP contribution in [0.1, 0.15) is 30.0 Å². The molecule has 0 saturated carbocycles. The Bertz CT molecular complexity index is 634. The predicted molar refractivity (Wildman–Crippen MR) is 80.8 cm³/mol. The van der Waals surface area contributed by atoms with E-state index in [9.17, 15) is 0 Å². The number of nitrogens with two attached hydrogens (primary N) is 1. The average molecular weight is 281 g/mol. The Balaban J connectivity index is 1.54. The summed E-state index contributed by atoms with van der Waals surface area (Å²) in [4.78, 5) is 6.51. The van der Waals surface area contributed by atoms with Gasteiger partial charge in [-0.1, -0.05) is 24.3 Å². The van der Waals surface area contributed by atoms with E-state index in [1.807, 2.05) is 0 Å². The first-order valence-electron chi connectivity index (χ1n) is 7.51. The Labute approximate surface area is 124 Å². The topological polar surface area (TPSA) is 67.9 Å². The number of nitrogens with zero attached hydrogens (tertiary/aromatic N) is 4. The van der Waals surface area contributed by atoms with Crippen molar-refractivity contribution in [2.24, 2.45) is 11.1 Å². The zero-order chi connectivity index (χ0) is 14.3. The van der Waals surface area contributed by atoms with Crippen LogP contribution in [-0.2, 0) is 6.42 Å². The minimum atomic E-state index is 0.158. The van der Waals surface area contributed by atoms with Crippen molar-refractivity contribution in [2.75, 3.05) is 18.0 Å². The zero-order valence-corrected chi connectivity index (χ0v) is 11.9. The van der Waals surface area contributed by atoms with Crippen LogP contribution < -0.4 is 10.6 Å². The van der Waals surface area contributed by atoms with Gasteiger partial charge in [-0.2, -0.15) is 5.10 Å². The number of rotatable bonds is 1. The Morgan fingerprint density at radius 1 is 1.14 bits per heavy atom. The number of hydrogen-bond donors (Lipinski definition) is 1. The van der Waals surface area contributed by atoms with Gasteiger partial charge in [-0.3, -0.25) is 0 Å². The van der Waals surface area contributed by atoms with E-state index in [1.54, 1.807) is 12.4 Å². The predicted octanol–water partition coefficient (Wildman–Crippen LogP) is 1.71. The molecule has 0 radical (unpaired) electrons. The summed E-state index contributed by atoms with van der Waals surface area (Å²) < 4.78 is 0. The number of fused-ring (bicyclic) bond motifs is 1. The van der Waals surface area contributed by atoms with E-state index in [0.717, 1.165) is 38.3 Å². The molecule has 21 heavy (non-hydrogen) atoms. The van der Waals surface area contributed by atoms with Crippen LogP contribution in [0, 0.1) is 5.41 Å². The van der Waals surface area contributed by atoms with E-state index in [-0.39, 0.29) is 11.5 Å². The summed E-state index contributed by atoms with van der Waals surface area (Å²) in [5.41, 5.74) is 9.55. The first-order chi connectivity index (χ1) is 10.3. The van der Waals surface area contributed by atoms with Crippen LogP contribution in [0.5, 0.6) is 0 Å². The molecular formula is C16H19N5. The lowest BCUT2D eigenvalue weighted by Gasteiger charge is -2.42. The Kier molecular flexibility index (Phi) is 2.89. The summed E-state index contributed by atoms with van der Waals surface area (Å²) in [6.07, 6.45) is 6.58. The van der Waals surface area contributed by atoms with Gasteiger partial charge in [-0.05, 0) is 35.8 Å². The van der Waals surface area contributed by atoms with E-state index in [4.69, 9.17) is 5.73 Å². The maximum atomic E-state index is 6.58. The van der Waals surface area contributed by atoms with Crippen molar-refractivity contribution in [3.05, 3.63) is 47.8 Å². The normalized spacial score (nSPS) is 23.3. The summed E-state index contributed by atoms with van der Waals surface area (Å²) >= 11 is 0. The van der Waals surface area contributed by atoms with Crippen molar-refractivity contribution in [1.82, 2.24) is 15.2 Å². The second-order valence-electron chi connectivity index (χ2n) is 6.15. The monoisotopic (exact) mass is 281 g/mol. The van der Waals surface area contributed by atoms with Gasteiger partial charge in [-0.15, -0.1) is 5.10 Å². The molecule has 0 amide bonds. The highest BCUT2D eigenvalue weighted by atomic mass is 15.3. The maximum absolute atomic E-state index is 6.58. The molecule has 1 aromatic carbocycles. The first kappa shape index (κ1) is 12.7. The van der Waals surface area contributed by atoms with Gasteiger partial charge in [0.05, 0.1) is 12.4 Å². The van der Waals surface area contributed by atoms with Crippen molar-refractivity contribution < 1.29 is 0 Å². The van der Waals surface area contributed by atoms with E-state index >= 15 is 0 Å². The number of benzene rings is 1. The van der Waals surface area contributed by atoms with Gasteiger partial charge in [0.1, 0.15) is 0 Å². The molecule has 0 bridgehead atoms. The fraction of sp³-hybridized carbons (Fsp3) is 0.438. The first-order valence-corrected chi connectivity index (χ1v) is 7.51. The minimum Gasteiger partial charge on any atom is -0.339 e. The summed E-state index contributed by atoms with van der Waals surface area (Å²) in [7, 11) is 0. The molecule has 2 N–H and O–H groups in total. The van der Waals surface area contributed by atoms with Crippen LogP contribution in [0.2, 0.25) is 0 Å². The van der Waals surface area contributed by atoms with Crippen molar-refractivity contribution >= 4 is 5.95 Å². The number of aromatic nitrogens is 3. The number of anilines is 1. The number of hydrogen-bond acceptors (Lipinski definition) is 5. The van der Waals surface area contributed by atoms with Crippen LogP contribution in [0.15, 0.2) is 36.7 Å². The molecule has 1 saturated heterocycles. The van der Waals surface area contributed by atoms with Crippen molar-refractivity contribution in [1.29, 1.82) is 0 Å². The van der Waals surface area contributed by atoms with Crippen LogP contribution in [0.25, 0.3) is 0 Å². The summed E-state index contributed by atoms with van der Waals surface area (Å²) in [5, 5.41) is 8.03. The molecule has 2 heterocycles. The summed E-state index contributed by atoms with van der Waals surface area (Å²) in [6, 6.07) is 8.77. The Hall–Kier alpha value is -2.01. The summed E-state index contributed by atoms with van der Waals surface area (Å²) in [6.45, 7) is 1.90. The smallest absolute Gasteiger partial charge is 0.245 e. The molecule has 108 valence electrons. The third kappa shape index (κ3) is 2.00. The minimum absolute atomic E-state index is 0.158. The van der Waals surface area contributed by atoms with Gasteiger partial charge in [0, 0.05) is 19.1 Å². The van der Waals surface area contributed by atoms with Gasteiger partial charge < -0.3 is 10.6 Å². The standard InChI is InChI=1S/C16H19N5/c17-14-13-4-2-1-3-12(13)11-16(14)5-9-21(10-6-16)15-18-7-8-19-20-15/h1-4,7-8,14H,5-6,9-11,17H2. The highest BCUT2D eigenvalue weighted by Gasteiger charge is 2.45. The molecule has 1 atom stereocenters. The van der Waals surface area contributed by atoms with Gasteiger partial charge >= 0.3 is 0 Å². The quantitative estimate of drug-likeness (QED) is 0.862. The molecule has 4 rings (SSSR count). The molecule has 5 heteroatoms. The molecular weight excluding hydrogens is 262 g/mol.